The molecule has 1 atom stereocenters. The minimum atomic E-state index is -1.04. The van der Waals surface area contributed by atoms with Gasteiger partial charge in [0.2, 0.25) is 5.91 Å². The zero-order valence-corrected chi connectivity index (χ0v) is 15.6. The van der Waals surface area contributed by atoms with Crippen molar-refractivity contribution >= 4 is 11.9 Å². The molecule has 0 spiro atoms. The maximum Gasteiger partial charge on any atom is 0.305 e. The van der Waals surface area contributed by atoms with Gasteiger partial charge in [-0.2, -0.15) is 5.10 Å². The Morgan fingerprint density at radius 1 is 1.22 bits per heavy atom. The number of carbonyl (C=O) groups is 2. The van der Waals surface area contributed by atoms with E-state index < -0.39 is 17.6 Å². The second kappa shape index (κ2) is 8.75. The molecule has 0 aliphatic heterocycles. The average Bonchev–Trinajstić information content (AvgIpc) is 2.92. The van der Waals surface area contributed by atoms with Gasteiger partial charge in [-0.15, -0.1) is 0 Å². The predicted molar refractivity (Wildman–Crippen MR) is 95.1 cm³/mol. The van der Waals surface area contributed by atoms with E-state index in [0.29, 0.717) is 5.56 Å². The van der Waals surface area contributed by atoms with Crippen LogP contribution in [0.4, 0.5) is 8.78 Å². The van der Waals surface area contributed by atoms with Crippen molar-refractivity contribution in [1.29, 1.82) is 0 Å². The van der Waals surface area contributed by atoms with E-state index in [4.69, 9.17) is 5.11 Å². The highest BCUT2D eigenvalue weighted by Gasteiger charge is 2.20. The number of halogens is 2. The Balaban J connectivity index is 2.13. The molecular weight excluding hydrogens is 356 g/mol. The Kier molecular flexibility index (Phi) is 6.65. The lowest BCUT2D eigenvalue weighted by atomic mass is 10.1. The Labute approximate surface area is 156 Å². The summed E-state index contributed by atoms with van der Waals surface area (Å²) in [6, 6.07) is 5.07. The van der Waals surface area contributed by atoms with Gasteiger partial charge in [-0.05, 0) is 44.5 Å². The third kappa shape index (κ3) is 5.60. The highest BCUT2D eigenvalue weighted by Crippen LogP contribution is 2.18. The van der Waals surface area contributed by atoms with Crippen LogP contribution in [0, 0.1) is 25.5 Å². The molecule has 2 aromatic rings. The van der Waals surface area contributed by atoms with Crippen molar-refractivity contribution < 1.29 is 23.5 Å². The molecule has 0 bridgehead atoms. The number of hydrogen-bond donors (Lipinski definition) is 1. The van der Waals surface area contributed by atoms with E-state index >= 15 is 0 Å². The van der Waals surface area contributed by atoms with E-state index in [1.54, 1.807) is 4.68 Å². The van der Waals surface area contributed by atoms with Crippen molar-refractivity contribution in [3.63, 3.8) is 0 Å². The van der Waals surface area contributed by atoms with Crippen LogP contribution in [-0.4, -0.2) is 38.2 Å². The molecule has 1 heterocycles. The predicted octanol–water partition coefficient (Wildman–Crippen LogP) is 3.23. The molecule has 0 radical (unpaired) electrons. The molecule has 6 nitrogen and oxygen atoms in total. The van der Waals surface area contributed by atoms with Crippen molar-refractivity contribution in [2.75, 3.05) is 6.54 Å². The molecule has 146 valence electrons. The Morgan fingerprint density at radius 3 is 2.48 bits per heavy atom. The van der Waals surface area contributed by atoms with Gasteiger partial charge in [-0.3, -0.25) is 14.3 Å². The smallest absolute Gasteiger partial charge is 0.305 e. The standard InChI is InChI=1S/C19H23F2N3O3/c1-12-8-13(2)24(22-12)14(3)9-18(25)23(7-6-19(26)27)11-15-4-5-16(20)17(21)10-15/h4-5,8,10,14H,6-7,9,11H2,1-3H3,(H,26,27). The first-order valence-corrected chi connectivity index (χ1v) is 8.63. The number of amides is 1. The molecule has 0 aliphatic rings. The van der Waals surface area contributed by atoms with Crippen LogP contribution in [0.25, 0.3) is 0 Å². The molecule has 27 heavy (non-hydrogen) atoms. The largest absolute Gasteiger partial charge is 0.481 e. The number of carboxylic acids is 1. The van der Waals surface area contributed by atoms with Crippen LogP contribution in [0.3, 0.4) is 0 Å². The number of carboxylic acid groups (broad SMARTS) is 1. The summed E-state index contributed by atoms with van der Waals surface area (Å²) in [6.45, 7) is 5.60. The van der Waals surface area contributed by atoms with Crippen LogP contribution < -0.4 is 0 Å². The fourth-order valence-electron chi connectivity index (χ4n) is 2.94. The molecule has 1 aromatic heterocycles. The second-order valence-corrected chi connectivity index (χ2v) is 6.63. The normalized spacial score (nSPS) is 12.0. The zero-order chi connectivity index (χ0) is 20.1. The Morgan fingerprint density at radius 2 is 1.93 bits per heavy atom. The van der Waals surface area contributed by atoms with Crippen molar-refractivity contribution in [1.82, 2.24) is 14.7 Å². The van der Waals surface area contributed by atoms with Crippen LogP contribution in [0.5, 0.6) is 0 Å². The quantitative estimate of drug-likeness (QED) is 0.764. The monoisotopic (exact) mass is 379 g/mol. The van der Waals surface area contributed by atoms with Gasteiger partial charge in [0.1, 0.15) is 0 Å². The molecule has 2 rings (SSSR count). The minimum absolute atomic E-state index is 0.00709. The molecule has 1 unspecified atom stereocenters. The lowest BCUT2D eigenvalue weighted by Gasteiger charge is -2.24. The summed E-state index contributed by atoms with van der Waals surface area (Å²) in [7, 11) is 0. The van der Waals surface area contributed by atoms with Crippen LogP contribution in [0.15, 0.2) is 24.3 Å². The fraction of sp³-hybridized carbons (Fsp3) is 0.421. The van der Waals surface area contributed by atoms with E-state index in [1.165, 1.54) is 11.0 Å². The highest BCUT2D eigenvalue weighted by molar-refractivity contribution is 5.77. The van der Waals surface area contributed by atoms with Gasteiger partial charge in [0.05, 0.1) is 18.2 Å². The number of aromatic nitrogens is 2. The number of carbonyl (C=O) groups excluding carboxylic acids is 1. The SMILES string of the molecule is Cc1cc(C)n(C(C)CC(=O)N(CCC(=O)O)Cc2ccc(F)c(F)c2)n1. The van der Waals surface area contributed by atoms with Crippen molar-refractivity contribution in [2.45, 2.75) is 46.2 Å². The van der Waals surface area contributed by atoms with Crippen LogP contribution in [0.2, 0.25) is 0 Å². The van der Waals surface area contributed by atoms with E-state index in [1.807, 2.05) is 26.8 Å². The summed E-state index contributed by atoms with van der Waals surface area (Å²) in [5.41, 5.74) is 2.16. The maximum absolute atomic E-state index is 13.4. The first kappa shape index (κ1) is 20.5. The number of benzene rings is 1. The van der Waals surface area contributed by atoms with Gasteiger partial charge in [0, 0.05) is 25.2 Å². The summed E-state index contributed by atoms with van der Waals surface area (Å²) < 4.78 is 28.3. The van der Waals surface area contributed by atoms with Crippen LogP contribution >= 0.6 is 0 Å². The topological polar surface area (TPSA) is 75.4 Å². The molecule has 0 saturated carbocycles. The van der Waals surface area contributed by atoms with Crippen molar-refractivity contribution in [3.8, 4) is 0 Å². The summed E-state index contributed by atoms with van der Waals surface area (Å²) in [6.07, 6.45) is -0.116. The number of aliphatic carboxylic acids is 1. The Bertz CT molecular complexity index is 836. The van der Waals surface area contributed by atoms with E-state index in [0.717, 1.165) is 23.5 Å². The van der Waals surface area contributed by atoms with Gasteiger partial charge in [-0.1, -0.05) is 6.07 Å². The molecule has 1 N–H and O–H groups in total. The van der Waals surface area contributed by atoms with Gasteiger partial charge >= 0.3 is 5.97 Å². The maximum atomic E-state index is 13.4. The van der Waals surface area contributed by atoms with Crippen LogP contribution in [-0.2, 0) is 16.1 Å². The van der Waals surface area contributed by atoms with Gasteiger partial charge in [0.15, 0.2) is 11.6 Å². The molecule has 8 heteroatoms. The van der Waals surface area contributed by atoms with Crippen molar-refractivity contribution in [3.05, 3.63) is 52.9 Å². The summed E-state index contributed by atoms with van der Waals surface area (Å²) in [4.78, 5) is 25.0. The number of rotatable bonds is 8. The van der Waals surface area contributed by atoms with Gasteiger partial charge < -0.3 is 10.0 Å². The lowest BCUT2D eigenvalue weighted by molar-refractivity contribution is -0.139. The molecule has 0 fully saturated rings. The van der Waals surface area contributed by atoms with Crippen LogP contribution in [0.1, 0.15) is 42.8 Å². The first-order valence-electron chi connectivity index (χ1n) is 8.63. The van der Waals surface area contributed by atoms with Gasteiger partial charge in [-0.25, -0.2) is 8.78 Å². The third-order valence-corrected chi connectivity index (χ3v) is 4.24. The Hall–Kier alpha value is -2.77. The molecule has 1 amide bonds. The van der Waals surface area contributed by atoms with E-state index in [2.05, 4.69) is 5.10 Å². The van der Waals surface area contributed by atoms with E-state index in [-0.39, 0.29) is 37.9 Å². The van der Waals surface area contributed by atoms with Gasteiger partial charge in [0.25, 0.3) is 0 Å². The number of hydrogen-bond acceptors (Lipinski definition) is 3. The first-order chi connectivity index (χ1) is 12.7. The summed E-state index contributed by atoms with van der Waals surface area (Å²) in [5.74, 6) is -3.29. The van der Waals surface area contributed by atoms with Crippen molar-refractivity contribution in [2.24, 2.45) is 0 Å². The zero-order valence-electron chi connectivity index (χ0n) is 15.6. The summed E-state index contributed by atoms with van der Waals surface area (Å²) >= 11 is 0. The average molecular weight is 379 g/mol. The lowest BCUT2D eigenvalue weighted by Crippen LogP contribution is -2.34. The molecular formula is C19H23F2N3O3. The highest BCUT2D eigenvalue weighted by atomic mass is 19.2. The molecule has 0 aliphatic carbocycles. The second-order valence-electron chi connectivity index (χ2n) is 6.63. The third-order valence-electron chi connectivity index (χ3n) is 4.24. The van der Waals surface area contributed by atoms with E-state index in [9.17, 15) is 18.4 Å². The number of aryl methyl sites for hydroxylation is 2. The number of nitrogens with zero attached hydrogens (tertiary/aromatic N) is 3. The summed E-state index contributed by atoms with van der Waals surface area (Å²) in [5, 5.41) is 13.3. The fourth-order valence-corrected chi connectivity index (χ4v) is 2.94. The molecule has 0 saturated heterocycles. The molecule has 1 aromatic carbocycles. The minimum Gasteiger partial charge on any atom is -0.481 e.